The third kappa shape index (κ3) is 2.41. The molecule has 0 amide bonds. The van der Waals surface area contributed by atoms with Crippen molar-refractivity contribution in [2.24, 2.45) is 0 Å². The van der Waals surface area contributed by atoms with Crippen molar-refractivity contribution in [3.8, 4) is 11.8 Å². The summed E-state index contributed by atoms with van der Waals surface area (Å²) in [6, 6.07) is 0. The second kappa shape index (κ2) is 4.35. The Bertz CT molecular complexity index is 135. The van der Waals surface area contributed by atoms with Gasteiger partial charge in [0.05, 0.1) is 6.54 Å². The molecule has 56 valence electrons. The van der Waals surface area contributed by atoms with Crippen LogP contribution < -0.4 is 0 Å². The van der Waals surface area contributed by atoms with Gasteiger partial charge in [0, 0.05) is 0 Å². The highest BCUT2D eigenvalue weighted by atomic mass is 15.1. The Kier molecular flexibility index (Phi) is 3.32. The molecule has 0 unspecified atom stereocenters. The van der Waals surface area contributed by atoms with E-state index in [9.17, 15) is 0 Å². The van der Waals surface area contributed by atoms with E-state index < -0.39 is 0 Å². The standard InChI is InChI=1S/C9H15N/c1-2-3-7-10-8-5-4-6-9-10/h4-9H2,1H3. The van der Waals surface area contributed by atoms with Crippen LogP contribution in [-0.4, -0.2) is 24.5 Å². The fourth-order valence-corrected chi connectivity index (χ4v) is 1.31. The quantitative estimate of drug-likeness (QED) is 0.495. The van der Waals surface area contributed by atoms with Crippen LogP contribution in [0.1, 0.15) is 26.2 Å². The minimum atomic E-state index is 0.983. The Labute approximate surface area is 63.4 Å². The van der Waals surface area contributed by atoms with Gasteiger partial charge in [0.1, 0.15) is 0 Å². The van der Waals surface area contributed by atoms with Crippen LogP contribution in [0.25, 0.3) is 0 Å². The van der Waals surface area contributed by atoms with Crippen molar-refractivity contribution >= 4 is 0 Å². The zero-order valence-electron chi connectivity index (χ0n) is 6.69. The molecular weight excluding hydrogens is 122 g/mol. The maximum atomic E-state index is 3.09. The van der Waals surface area contributed by atoms with Gasteiger partial charge in [0.25, 0.3) is 0 Å². The molecule has 0 atom stereocenters. The summed E-state index contributed by atoms with van der Waals surface area (Å²) in [6.45, 7) is 5.41. The Balaban J connectivity index is 2.17. The molecular formula is C9H15N. The molecule has 0 aromatic carbocycles. The van der Waals surface area contributed by atoms with Crippen LogP contribution in [0.4, 0.5) is 0 Å². The number of likely N-dealkylation sites (tertiary alicyclic amines) is 1. The van der Waals surface area contributed by atoms with Crippen LogP contribution in [0.5, 0.6) is 0 Å². The van der Waals surface area contributed by atoms with E-state index in [1.54, 1.807) is 0 Å². The molecule has 0 aromatic rings. The van der Waals surface area contributed by atoms with Crippen molar-refractivity contribution in [1.82, 2.24) is 4.90 Å². The van der Waals surface area contributed by atoms with Crippen molar-refractivity contribution in [3.05, 3.63) is 0 Å². The minimum absolute atomic E-state index is 0.983. The first-order chi connectivity index (χ1) is 4.93. The summed E-state index contributed by atoms with van der Waals surface area (Å²) in [6.07, 6.45) is 4.15. The van der Waals surface area contributed by atoms with Gasteiger partial charge in [0.2, 0.25) is 0 Å². The van der Waals surface area contributed by atoms with E-state index in [-0.39, 0.29) is 0 Å². The topological polar surface area (TPSA) is 3.24 Å². The lowest BCUT2D eigenvalue weighted by Gasteiger charge is -2.23. The van der Waals surface area contributed by atoms with Gasteiger partial charge in [-0.3, -0.25) is 4.90 Å². The third-order valence-corrected chi connectivity index (χ3v) is 1.93. The number of piperidine rings is 1. The Hall–Kier alpha value is -0.480. The first-order valence-corrected chi connectivity index (χ1v) is 4.05. The first-order valence-electron chi connectivity index (χ1n) is 4.05. The molecule has 1 heterocycles. The SMILES string of the molecule is CC#CCN1CCCCC1. The highest BCUT2D eigenvalue weighted by Gasteiger charge is 2.06. The number of hydrogen-bond acceptors (Lipinski definition) is 1. The van der Waals surface area contributed by atoms with Crippen LogP contribution in [-0.2, 0) is 0 Å². The van der Waals surface area contributed by atoms with Crippen molar-refractivity contribution < 1.29 is 0 Å². The summed E-state index contributed by atoms with van der Waals surface area (Å²) in [5, 5.41) is 0. The predicted molar refractivity (Wildman–Crippen MR) is 43.7 cm³/mol. The second-order valence-corrected chi connectivity index (χ2v) is 2.76. The molecule has 0 aliphatic carbocycles. The Morgan fingerprint density at radius 2 is 1.90 bits per heavy atom. The van der Waals surface area contributed by atoms with Crippen molar-refractivity contribution in [1.29, 1.82) is 0 Å². The summed E-state index contributed by atoms with van der Waals surface area (Å²) in [5.41, 5.74) is 0. The highest BCUT2D eigenvalue weighted by Crippen LogP contribution is 2.06. The van der Waals surface area contributed by atoms with Gasteiger partial charge >= 0.3 is 0 Å². The van der Waals surface area contributed by atoms with E-state index in [0.717, 1.165) is 6.54 Å². The maximum Gasteiger partial charge on any atom is 0.0601 e. The summed E-state index contributed by atoms with van der Waals surface area (Å²) >= 11 is 0. The summed E-state index contributed by atoms with van der Waals surface area (Å²) < 4.78 is 0. The molecule has 1 aliphatic rings. The Morgan fingerprint density at radius 3 is 2.50 bits per heavy atom. The van der Waals surface area contributed by atoms with Gasteiger partial charge in [-0.05, 0) is 32.9 Å². The van der Waals surface area contributed by atoms with Gasteiger partial charge in [-0.1, -0.05) is 12.3 Å². The van der Waals surface area contributed by atoms with Crippen LogP contribution >= 0.6 is 0 Å². The van der Waals surface area contributed by atoms with E-state index in [2.05, 4.69) is 16.7 Å². The molecule has 1 nitrogen and oxygen atoms in total. The lowest BCUT2D eigenvalue weighted by molar-refractivity contribution is 0.255. The molecule has 0 spiro atoms. The maximum absolute atomic E-state index is 3.09. The number of rotatable bonds is 1. The van der Waals surface area contributed by atoms with Crippen molar-refractivity contribution in [3.63, 3.8) is 0 Å². The summed E-state index contributed by atoms with van der Waals surface area (Å²) in [7, 11) is 0. The van der Waals surface area contributed by atoms with Gasteiger partial charge in [-0.2, -0.15) is 0 Å². The van der Waals surface area contributed by atoms with E-state index in [0.29, 0.717) is 0 Å². The third-order valence-electron chi connectivity index (χ3n) is 1.93. The smallest absolute Gasteiger partial charge is 0.0601 e. The molecule has 0 aromatic heterocycles. The van der Waals surface area contributed by atoms with E-state index in [1.807, 2.05) is 6.92 Å². The Morgan fingerprint density at radius 1 is 1.20 bits per heavy atom. The average Bonchev–Trinajstić information content (AvgIpc) is 2.03. The zero-order chi connectivity index (χ0) is 7.23. The van der Waals surface area contributed by atoms with Gasteiger partial charge in [-0.15, -0.1) is 5.92 Å². The molecule has 1 heteroatoms. The molecule has 1 aliphatic heterocycles. The highest BCUT2D eigenvalue weighted by molar-refractivity contribution is 4.97. The molecule has 0 saturated carbocycles. The molecule has 0 radical (unpaired) electrons. The second-order valence-electron chi connectivity index (χ2n) is 2.76. The minimum Gasteiger partial charge on any atom is -0.292 e. The van der Waals surface area contributed by atoms with Crippen LogP contribution in [0.15, 0.2) is 0 Å². The van der Waals surface area contributed by atoms with Crippen LogP contribution in [0, 0.1) is 11.8 Å². The molecule has 10 heavy (non-hydrogen) atoms. The lowest BCUT2D eigenvalue weighted by atomic mass is 10.1. The van der Waals surface area contributed by atoms with Gasteiger partial charge < -0.3 is 0 Å². The number of hydrogen-bond donors (Lipinski definition) is 0. The molecule has 0 N–H and O–H groups in total. The van der Waals surface area contributed by atoms with E-state index >= 15 is 0 Å². The van der Waals surface area contributed by atoms with Crippen LogP contribution in [0.3, 0.4) is 0 Å². The van der Waals surface area contributed by atoms with Crippen molar-refractivity contribution in [2.75, 3.05) is 19.6 Å². The fraction of sp³-hybridized carbons (Fsp3) is 0.778. The lowest BCUT2D eigenvalue weighted by Crippen LogP contribution is -2.29. The normalized spacial score (nSPS) is 19.7. The summed E-state index contributed by atoms with van der Waals surface area (Å²) in [4.78, 5) is 2.43. The van der Waals surface area contributed by atoms with Gasteiger partial charge in [-0.25, -0.2) is 0 Å². The van der Waals surface area contributed by atoms with Gasteiger partial charge in [0.15, 0.2) is 0 Å². The van der Waals surface area contributed by atoms with E-state index in [1.165, 1.54) is 32.4 Å². The van der Waals surface area contributed by atoms with E-state index in [4.69, 9.17) is 0 Å². The first kappa shape index (κ1) is 7.63. The van der Waals surface area contributed by atoms with Crippen molar-refractivity contribution in [2.45, 2.75) is 26.2 Å². The number of nitrogens with zero attached hydrogens (tertiary/aromatic N) is 1. The molecule has 1 saturated heterocycles. The zero-order valence-corrected chi connectivity index (χ0v) is 6.69. The predicted octanol–water partition coefficient (Wildman–Crippen LogP) is 1.50. The fourth-order valence-electron chi connectivity index (χ4n) is 1.31. The molecule has 1 rings (SSSR count). The molecule has 0 bridgehead atoms. The monoisotopic (exact) mass is 137 g/mol. The van der Waals surface area contributed by atoms with Crippen LogP contribution in [0.2, 0.25) is 0 Å². The average molecular weight is 137 g/mol. The molecule has 1 fully saturated rings. The largest absolute Gasteiger partial charge is 0.292 e. The summed E-state index contributed by atoms with van der Waals surface area (Å²) in [5.74, 6) is 6.02.